The second-order valence-corrected chi connectivity index (χ2v) is 6.63. The molecule has 1 N–H and O–H groups in total. The maximum atomic E-state index is 13.5. The van der Waals surface area contributed by atoms with Crippen LogP contribution in [0.2, 0.25) is 0 Å². The summed E-state index contributed by atoms with van der Waals surface area (Å²) in [5.41, 5.74) is 0.822. The minimum atomic E-state index is -0.278. The topological polar surface area (TPSA) is 78.6 Å². The number of carbonyl (C=O) groups is 1. The lowest BCUT2D eigenvalue weighted by Gasteiger charge is -2.23. The van der Waals surface area contributed by atoms with E-state index in [1.54, 1.807) is 26.5 Å². The Hall–Kier alpha value is -2.97. The molecule has 0 bridgehead atoms. The number of hydrogen-bond acceptors (Lipinski definition) is 4. The molecule has 0 aliphatic heterocycles. The van der Waals surface area contributed by atoms with Crippen LogP contribution < -0.4 is 5.32 Å². The Morgan fingerprint density at radius 2 is 2.11 bits per heavy atom. The first-order valence-electron chi connectivity index (χ1n) is 9.21. The number of halogens is 1. The van der Waals surface area contributed by atoms with Crippen molar-refractivity contribution in [1.29, 1.82) is 0 Å². The fourth-order valence-electron chi connectivity index (χ4n) is 2.61. The van der Waals surface area contributed by atoms with Gasteiger partial charge in [0.25, 0.3) is 0 Å². The molecular weight excluding hydrogens is 361 g/mol. The van der Waals surface area contributed by atoms with Gasteiger partial charge in [-0.05, 0) is 17.7 Å². The van der Waals surface area contributed by atoms with Crippen LogP contribution in [0.3, 0.4) is 0 Å². The molecule has 1 heterocycles. The fraction of sp³-hybridized carbons (Fsp3) is 0.474. The van der Waals surface area contributed by atoms with Crippen molar-refractivity contribution >= 4 is 11.9 Å². The molecule has 152 valence electrons. The van der Waals surface area contributed by atoms with Crippen molar-refractivity contribution in [3.8, 4) is 0 Å². The fourth-order valence-corrected chi connectivity index (χ4v) is 2.61. The van der Waals surface area contributed by atoms with Gasteiger partial charge in [-0.3, -0.25) is 4.79 Å². The van der Waals surface area contributed by atoms with Crippen molar-refractivity contribution in [3.05, 3.63) is 47.8 Å². The number of nitrogens with one attached hydrogen (secondary N) is 1. The van der Waals surface area contributed by atoms with E-state index in [1.165, 1.54) is 17.0 Å². The van der Waals surface area contributed by atoms with E-state index in [0.29, 0.717) is 25.6 Å². The Kier molecular flexibility index (Phi) is 7.91. The molecule has 1 amide bonds. The van der Waals surface area contributed by atoms with Gasteiger partial charge in [0.2, 0.25) is 5.91 Å². The molecule has 0 unspecified atom stereocenters. The van der Waals surface area contributed by atoms with Crippen molar-refractivity contribution in [3.63, 3.8) is 0 Å². The number of aliphatic imine (C=N–C) groups is 1. The molecular formula is C19H28FN7O. The zero-order chi connectivity index (χ0) is 20.5. The second kappa shape index (κ2) is 10.4. The maximum absolute atomic E-state index is 13.5. The number of hydrogen-bond donors (Lipinski definition) is 1. The predicted molar refractivity (Wildman–Crippen MR) is 106 cm³/mol. The lowest BCUT2D eigenvalue weighted by molar-refractivity contribution is -0.127. The number of amides is 1. The molecule has 1 aromatic carbocycles. The first kappa shape index (κ1) is 21.3. The summed E-state index contributed by atoms with van der Waals surface area (Å²) in [5, 5.41) is 11.3. The normalized spacial score (nSPS) is 11.4. The number of likely N-dealkylation sites (N-methyl/N-ethyl adjacent to an activating group) is 1. The van der Waals surface area contributed by atoms with Crippen molar-refractivity contribution in [1.82, 2.24) is 29.9 Å². The average molecular weight is 389 g/mol. The summed E-state index contributed by atoms with van der Waals surface area (Å²) < 4.78 is 15.4. The molecule has 8 nitrogen and oxygen atoms in total. The maximum Gasteiger partial charge on any atom is 0.243 e. The van der Waals surface area contributed by atoms with Gasteiger partial charge < -0.3 is 19.7 Å². The molecule has 0 saturated heterocycles. The minimum Gasteiger partial charge on any atom is -0.354 e. The lowest BCUT2D eigenvalue weighted by Crippen LogP contribution is -2.41. The molecule has 0 radical (unpaired) electrons. The number of benzene rings is 1. The number of aryl methyl sites for hydroxylation is 1. The summed E-state index contributed by atoms with van der Waals surface area (Å²) in [6.45, 7) is 3.79. The third-order valence-corrected chi connectivity index (χ3v) is 4.18. The Labute approximate surface area is 165 Å². The van der Waals surface area contributed by atoms with Gasteiger partial charge in [-0.2, -0.15) is 0 Å². The van der Waals surface area contributed by atoms with E-state index in [1.807, 2.05) is 29.5 Å². The van der Waals surface area contributed by atoms with Gasteiger partial charge in [-0.15, -0.1) is 10.2 Å². The number of guanidine groups is 1. The summed E-state index contributed by atoms with van der Waals surface area (Å²) >= 11 is 0. The minimum absolute atomic E-state index is 0.0374. The van der Waals surface area contributed by atoms with Crippen molar-refractivity contribution in [2.24, 2.45) is 4.99 Å². The first-order valence-corrected chi connectivity index (χ1v) is 9.21. The van der Waals surface area contributed by atoms with Gasteiger partial charge in [0.1, 0.15) is 24.5 Å². The predicted octanol–water partition coefficient (Wildman–Crippen LogP) is 1.15. The Morgan fingerprint density at radius 1 is 1.32 bits per heavy atom. The molecule has 0 fully saturated rings. The van der Waals surface area contributed by atoms with Crippen LogP contribution in [0.25, 0.3) is 0 Å². The molecule has 1 aromatic heterocycles. The summed E-state index contributed by atoms with van der Waals surface area (Å²) in [4.78, 5) is 19.7. The first-order chi connectivity index (χ1) is 13.4. The van der Waals surface area contributed by atoms with E-state index >= 15 is 0 Å². The third-order valence-electron chi connectivity index (χ3n) is 4.18. The van der Waals surface area contributed by atoms with E-state index < -0.39 is 0 Å². The number of aromatic nitrogens is 3. The van der Waals surface area contributed by atoms with Gasteiger partial charge in [0, 0.05) is 47.2 Å². The summed E-state index contributed by atoms with van der Waals surface area (Å²) in [6.07, 6.45) is 2.50. The molecule has 0 aliphatic rings. The zero-order valence-corrected chi connectivity index (χ0v) is 16.9. The monoisotopic (exact) mass is 389 g/mol. The molecule has 0 saturated carbocycles. The van der Waals surface area contributed by atoms with Crippen LogP contribution in [0.5, 0.6) is 0 Å². The molecule has 0 spiro atoms. The average Bonchev–Trinajstić information content (AvgIpc) is 3.11. The summed E-state index contributed by atoms with van der Waals surface area (Å²) in [5.74, 6) is 1.12. The number of carbonyl (C=O) groups excluding carboxylic acids is 1. The van der Waals surface area contributed by atoms with Crippen LogP contribution >= 0.6 is 0 Å². The number of nitrogens with zero attached hydrogens (tertiary/aromatic N) is 6. The van der Waals surface area contributed by atoms with Crippen LogP contribution in [0.1, 0.15) is 18.3 Å². The van der Waals surface area contributed by atoms with Crippen molar-refractivity contribution in [2.45, 2.75) is 26.4 Å². The van der Waals surface area contributed by atoms with Gasteiger partial charge in [-0.1, -0.05) is 19.1 Å². The van der Waals surface area contributed by atoms with E-state index in [0.717, 1.165) is 17.8 Å². The summed E-state index contributed by atoms with van der Waals surface area (Å²) in [7, 11) is 5.24. The molecule has 0 aliphatic carbocycles. The Bertz CT molecular complexity index is 803. The zero-order valence-electron chi connectivity index (χ0n) is 16.9. The van der Waals surface area contributed by atoms with Crippen LogP contribution in [0, 0.1) is 5.82 Å². The van der Waals surface area contributed by atoms with Gasteiger partial charge >= 0.3 is 0 Å². The molecule has 9 heteroatoms. The van der Waals surface area contributed by atoms with Gasteiger partial charge in [-0.25, -0.2) is 9.38 Å². The third kappa shape index (κ3) is 6.33. The van der Waals surface area contributed by atoms with Crippen LogP contribution in [-0.2, 0) is 24.3 Å². The molecule has 0 atom stereocenters. The molecule has 2 aromatic rings. The second-order valence-electron chi connectivity index (χ2n) is 6.63. The highest BCUT2D eigenvalue weighted by molar-refractivity contribution is 5.84. The van der Waals surface area contributed by atoms with Crippen LogP contribution in [-0.4, -0.2) is 70.7 Å². The SMILES string of the molecule is CCc1nncn1CCNC(=NCC(=O)N(C)C)N(C)Cc1cccc(F)c1. The van der Waals surface area contributed by atoms with Crippen molar-refractivity contribution < 1.29 is 9.18 Å². The summed E-state index contributed by atoms with van der Waals surface area (Å²) in [6, 6.07) is 6.43. The van der Waals surface area contributed by atoms with E-state index in [2.05, 4.69) is 20.5 Å². The van der Waals surface area contributed by atoms with Gasteiger partial charge in [0.05, 0.1) is 0 Å². The Morgan fingerprint density at radius 3 is 2.79 bits per heavy atom. The Balaban J connectivity index is 2.04. The van der Waals surface area contributed by atoms with E-state index in [-0.39, 0.29) is 18.3 Å². The highest BCUT2D eigenvalue weighted by Gasteiger charge is 2.10. The lowest BCUT2D eigenvalue weighted by atomic mass is 10.2. The molecule has 28 heavy (non-hydrogen) atoms. The van der Waals surface area contributed by atoms with Crippen LogP contribution in [0.15, 0.2) is 35.6 Å². The van der Waals surface area contributed by atoms with Crippen LogP contribution in [0.4, 0.5) is 4.39 Å². The van der Waals surface area contributed by atoms with Crippen molar-refractivity contribution in [2.75, 3.05) is 34.2 Å². The van der Waals surface area contributed by atoms with E-state index in [4.69, 9.17) is 0 Å². The molecule has 2 rings (SSSR count). The number of rotatable bonds is 8. The largest absolute Gasteiger partial charge is 0.354 e. The quantitative estimate of drug-likeness (QED) is 0.541. The smallest absolute Gasteiger partial charge is 0.243 e. The van der Waals surface area contributed by atoms with E-state index in [9.17, 15) is 9.18 Å². The van der Waals surface area contributed by atoms with Gasteiger partial charge in [0.15, 0.2) is 5.96 Å². The highest BCUT2D eigenvalue weighted by atomic mass is 19.1. The standard InChI is InChI=1S/C19H28FN7O/c1-5-17-24-23-14-27(17)10-9-21-19(22-12-18(28)25(2)3)26(4)13-15-7-6-8-16(20)11-15/h6-8,11,14H,5,9-10,12-13H2,1-4H3,(H,21,22). The highest BCUT2D eigenvalue weighted by Crippen LogP contribution is 2.06.